The molecule has 2 aromatic rings. The van der Waals surface area contributed by atoms with Crippen LogP contribution in [-0.4, -0.2) is 28.5 Å². The lowest BCUT2D eigenvalue weighted by molar-refractivity contribution is -0.112. The predicted molar refractivity (Wildman–Crippen MR) is 117 cm³/mol. The molecule has 0 saturated carbocycles. The van der Waals surface area contributed by atoms with Crippen LogP contribution in [0.5, 0.6) is 0 Å². The second-order valence-electron chi connectivity index (χ2n) is 5.99. The Morgan fingerprint density at radius 1 is 1.29 bits per heavy atom. The van der Waals surface area contributed by atoms with Crippen molar-refractivity contribution in [1.82, 2.24) is 10.3 Å². The summed E-state index contributed by atoms with van der Waals surface area (Å²) in [5.74, 6) is -1.23. The number of hydrogen-bond donors (Lipinski definition) is 4. The van der Waals surface area contributed by atoms with Crippen LogP contribution in [0.25, 0.3) is 0 Å². The van der Waals surface area contributed by atoms with Gasteiger partial charge >= 0.3 is 0 Å². The first-order chi connectivity index (χ1) is 14.8. The summed E-state index contributed by atoms with van der Waals surface area (Å²) >= 11 is 11.7. The lowest BCUT2D eigenvalue weighted by atomic mass is 10.0. The zero-order valence-corrected chi connectivity index (χ0v) is 17.6. The smallest absolute Gasteiger partial charge is 0.272 e. The van der Waals surface area contributed by atoms with E-state index in [1.165, 1.54) is 18.3 Å². The number of aryl methyl sites for hydroxylation is 1. The summed E-state index contributed by atoms with van der Waals surface area (Å²) in [6.07, 6.45) is 2.51. The van der Waals surface area contributed by atoms with E-state index >= 15 is 0 Å². The lowest BCUT2D eigenvalue weighted by Crippen LogP contribution is -2.27. The Labute approximate surface area is 187 Å². The van der Waals surface area contributed by atoms with Gasteiger partial charge in [-0.05, 0) is 36.8 Å². The monoisotopic (exact) mass is 455 g/mol. The van der Waals surface area contributed by atoms with Crippen molar-refractivity contribution in [2.75, 3.05) is 17.2 Å². The molecule has 2 amide bonds. The van der Waals surface area contributed by atoms with Crippen molar-refractivity contribution in [2.45, 2.75) is 6.92 Å². The van der Waals surface area contributed by atoms with Crippen LogP contribution in [0.4, 0.5) is 11.5 Å². The number of carbonyl (C=O) groups is 2. The van der Waals surface area contributed by atoms with Gasteiger partial charge in [0.05, 0.1) is 34.0 Å². The number of aromatic nitrogens is 1. The van der Waals surface area contributed by atoms with Crippen molar-refractivity contribution in [3.05, 3.63) is 63.9 Å². The molecule has 11 heteroatoms. The molecule has 0 aliphatic rings. The summed E-state index contributed by atoms with van der Waals surface area (Å²) in [6, 6.07) is 9.67. The van der Waals surface area contributed by atoms with Crippen molar-refractivity contribution in [3.8, 4) is 12.1 Å². The van der Waals surface area contributed by atoms with Gasteiger partial charge in [-0.3, -0.25) is 15.0 Å². The van der Waals surface area contributed by atoms with E-state index in [0.29, 0.717) is 5.56 Å². The number of nitrogens with zero attached hydrogens (tertiary/aromatic N) is 3. The number of nitrogens with one attached hydrogen (secondary N) is 4. The lowest BCUT2D eigenvalue weighted by Gasteiger charge is -2.16. The van der Waals surface area contributed by atoms with E-state index in [9.17, 15) is 14.9 Å². The van der Waals surface area contributed by atoms with Gasteiger partial charge < -0.3 is 16.0 Å². The summed E-state index contributed by atoms with van der Waals surface area (Å²) in [4.78, 5) is 29.4. The first kappa shape index (κ1) is 23.4. The largest absolute Gasteiger partial charge is 0.339 e. The maximum Gasteiger partial charge on any atom is 0.272 e. The molecule has 1 heterocycles. The molecular formula is C20H15Cl2N7O2. The molecule has 0 atom stereocenters. The maximum absolute atomic E-state index is 12.9. The standard InChI is InChI=1S/C20H15Cl2N7O2/c1-11-7-12(10-24)8-13(19(30)27-6-4-23)17(11)29-20(31)15(9-16(22)25)28-18-14(21)3-2-5-26-18/h2-3,5,7-9,25H,6H2,1H3,(H,26,28)(H,27,30)(H,29,31)/b15-9-,25-16?. The molecule has 0 aliphatic carbocycles. The molecule has 2 rings (SSSR count). The van der Waals surface area contributed by atoms with Crippen molar-refractivity contribution in [2.24, 2.45) is 0 Å². The Hall–Kier alpha value is -3.92. The Morgan fingerprint density at radius 2 is 2.03 bits per heavy atom. The second-order valence-corrected chi connectivity index (χ2v) is 6.80. The van der Waals surface area contributed by atoms with Crippen molar-refractivity contribution >= 4 is 51.7 Å². The quantitative estimate of drug-likeness (QED) is 0.285. The molecule has 1 aromatic carbocycles. The van der Waals surface area contributed by atoms with Gasteiger partial charge in [0.1, 0.15) is 23.2 Å². The Bertz CT molecular complexity index is 1160. The third-order valence-corrected chi connectivity index (χ3v) is 4.22. The number of nitriles is 2. The van der Waals surface area contributed by atoms with Crippen LogP contribution in [0.15, 0.2) is 42.2 Å². The van der Waals surface area contributed by atoms with Gasteiger partial charge in [0.15, 0.2) is 0 Å². The topological polar surface area (TPSA) is 155 Å². The van der Waals surface area contributed by atoms with E-state index in [4.69, 9.17) is 33.9 Å². The number of hydrogen-bond acceptors (Lipinski definition) is 7. The minimum absolute atomic E-state index is 0.00341. The highest BCUT2D eigenvalue weighted by Crippen LogP contribution is 2.25. The van der Waals surface area contributed by atoms with Crippen LogP contribution < -0.4 is 16.0 Å². The molecule has 0 unspecified atom stereocenters. The molecular weight excluding hydrogens is 441 g/mol. The summed E-state index contributed by atoms with van der Waals surface area (Å²) < 4.78 is 0. The fraction of sp³-hybridized carbons (Fsp3) is 0.100. The number of carbonyl (C=O) groups excluding carboxylic acids is 2. The number of amides is 2. The first-order valence-electron chi connectivity index (χ1n) is 8.61. The SMILES string of the molecule is Cc1cc(C#N)cc(C(=O)NCC#N)c1NC(=O)/C(=C/C(=N)Cl)Nc1ncccc1Cl. The van der Waals surface area contributed by atoms with Crippen LogP contribution >= 0.6 is 23.2 Å². The van der Waals surface area contributed by atoms with Gasteiger partial charge in [-0.2, -0.15) is 10.5 Å². The molecule has 4 N–H and O–H groups in total. The number of anilines is 2. The molecule has 0 spiro atoms. The molecule has 0 aliphatic heterocycles. The van der Waals surface area contributed by atoms with Gasteiger partial charge in [-0.25, -0.2) is 4.98 Å². The normalized spacial score (nSPS) is 10.4. The zero-order valence-electron chi connectivity index (χ0n) is 16.1. The molecule has 9 nitrogen and oxygen atoms in total. The fourth-order valence-electron chi connectivity index (χ4n) is 2.48. The minimum atomic E-state index is -0.741. The molecule has 0 bridgehead atoms. The molecule has 0 saturated heterocycles. The van der Waals surface area contributed by atoms with Crippen LogP contribution in [-0.2, 0) is 4.79 Å². The number of allylic oxidation sites excluding steroid dienone is 1. The fourth-order valence-corrected chi connectivity index (χ4v) is 2.76. The van der Waals surface area contributed by atoms with E-state index in [0.717, 1.165) is 6.08 Å². The number of pyridine rings is 1. The van der Waals surface area contributed by atoms with E-state index in [1.807, 2.05) is 6.07 Å². The van der Waals surface area contributed by atoms with Crippen LogP contribution in [0.2, 0.25) is 5.02 Å². The van der Waals surface area contributed by atoms with Crippen LogP contribution in [0.3, 0.4) is 0 Å². The molecule has 1 aromatic heterocycles. The van der Waals surface area contributed by atoms with Gasteiger partial charge in [0.2, 0.25) is 0 Å². The molecule has 31 heavy (non-hydrogen) atoms. The number of rotatable bonds is 7. The van der Waals surface area contributed by atoms with Crippen LogP contribution in [0.1, 0.15) is 21.5 Å². The van der Waals surface area contributed by atoms with E-state index in [1.54, 1.807) is 25.1 Å². The first-order valence-corrected chi connectivity index (χ1v) is 9.37. The summed E-state index contributed by atoms with van der Waals surface area (Å²) in [5.41, 5.74) is 0.601. The van der Waals surface area contributed by atoms with Crippen molar-refractivity contribution in [1.29, 1.82) is 15.9 Å². The highest BCUT2D eigenvalue weighted by Gasteiger charge is 2.20. The molecule has 156 valence electrons. The Morgan fingerprint density at radius 3 is 2.65 bits per heavy atom. The third kappa shape index (κ3) is 6.28. The van der Waals surface area contributed by atoms with Crippen LogP contribution in [0, 0.1) is 35.0 Å². The van der Waals surface area contributed by atoms with E-state index in [-0.39, 0.29) is 39.9 Å². The number of benzene rings is 1. The molecule has 0 radical (unpaired) electrons. The Balaban J connectivity index is 2.44. The van der Waals surface area contributed by atoms with Gasteiger partial charge in [-0.1, -0.05) is 23.2 Å². The van der Waals surface area contributed by atoms with Gasteiger partial charge in [-0.15, -0.1) is 0 Å². The van der Waals surface area contributed by atoms with Crippen molar-refractivity contribution in [3.63, 3.8) is 0 Å². The highest BCUT2D eigenvalue weighted by atomic mass is 35.5. The van der Waals surface area contributed by atoms with E-state index in [2.05, 4.69) is 20.9 Å². The Kier molecular flexibility index (Phi) is 8.09. The summed E-state index contributed by atoms with van der Waals surface area (Å²) in [6.45, 7) is 1.35. The predicted octanol–water partition coefficient (Wildman–Crippen LogP) is 3.32. The average molecular weight is 456 g/mol. The van der Waals surface area contributed by atoms with Gasteiger partial charge in [0, 0.05) is 12.3 Å². The molecule has 0 fully saturated rings. The zero-order chi connectivity index (χ0) is 23.0. The van der Waals surface area contributed by atoms with Crippen molar-refractivity contribution < 1.29 is 9.59 Å². The highest BCUT2D eigenvalue weighted by molar-refractivity contribution is 6.67. The number of halogens is 2. The average Bonchev–Trinajstić information content (AvgIpc) is 2.73. The summed E-state index contributed by atoms with van der Waals surface area (Å²) in [7, 11) is 0. The van der Waals surface area contributed by atoms with Gasteiger partial charge in [0.25, 0.3) is 11.8 Å². The van der Waals surface area contributed by atoms with E-state index < -0.39 is 17.0 Å². The minimum Gasteiger partial charge on any atom is -0.339 e. The maximum atomic E-state index is 12.9. The third-order valence-electron chi connectivity index (χ3n) is 3.80. The summed E-state index contributed by atoms with van der Waals surface area (Å²) in [5, 5.41) is 32.8. The second kappa shape index (κ2) is 10.7.